The van der Waals surface area contributed by atoms with E-state index >= 15 is 0 Å². The molecule has 110 valence electrons. The van der Waals surface area contributed by atoms with E-state index in [9.17, 15) is 4.79 Å². The summed E-state index contributed by atoms with van der Waals surface area (Å²) in [7, 11) is 0. The van der Waals surface area contributed by atoms with Crippen LogP contribution in [0.15, 0.2) is 29.4 Å². The topological polar surface area (TPSA) is 87.7 Å². The van der Waals surface area contributed by atoms with Crippen LogP contribution in [0.2, 0.25) is 0 Å². The zero-order valence-corrected chi connectivity index (χ0v) is 12.4. The van der Waals surface area contributed by atoms with Crippen molar-refractivity contribution in [3.05, 3.63) is 29.8 Å². The first-order valence-corrected chi connectivity index (χ1v) is 6.75. The number of rotatable bonds is 5. The lowest BCUT2D eigenvalue weighted by Gasteiger charge is -2.20. The molecule has 0 fully saturated rings. The van der Waals surface area contributed by atoms with Crippen molar-refractivity contribution in [2.24, 2.45) is 22.7 Å². The lowest BCUT2D eigenvalue weighted by atomic mass is 9.93. The maximum atomic E-state index is 12.3. The number of carbonyl (C=O) groups excluding carboxylic acids is 1. The van der Waals surface area contributed by atoms with Crippen LogP contribution in [-0.2, 0) is 4.79 Å². The van der Waals surface area contributed by atoms with Gasteiger partial charge >= 0.3 is 0 Å². The number of benzene rings is 1. The molecule has 0 radical (unpaired) electrons. The number of nitrogens with zero attached hydrogens (tertiary/aromatic N) is 1. The van der Waals surface area contributed by atoms with E-state index in [0.717, 1.165) is 11.3 Å². The predicted molar refractivity (Wildman–Crippen MR) is 80.9 cm³/mol. The number of para-hydroxylation sites is 1. The highest BCUT2D eigenvalue weighted by Crippen LogP contribution is 2.25. The SMILES string of the molecule is CC(C)c1ccccc1NC(=O)C(C(N)=NO)C(C)C. The lowest BCUT2D eigenvalue weighted by Crippen LogP contribution is -2.38. The van der Waals surface area contributed by atoms with Crippen molar-refractivity contribution < 1.29 is 10.0 Å². The van der Waals surface area contributed by atoms with Crippen LogP contribution in [0.5, 0.6) is 0 Å². The predicted octanol–water partition coefficient (Wildman–Crippen LogP) is 2.77. The summed E-state index contributed by atoms with van der Waals surface area (Å²) in [6, 6.07) is 7.65. The van der Waals surface area contributed by atoms with Crippen LogP contribution in [-0.4, -0.2) is 17.0 Å². The highest BCUT2D eigenvalue weighted by molar-refractivity contribution is 6.08. The molecule has 0 aliphatic rings. The van der Waals surface area contributed by atoms with E-state index in [1.165, 1.54) is 0 Å². The molecule has 0 saturated heterocycles. The molecular weight excluding hydrogens is 254 g/mol. The average Bonchev–Trinajstić information content (AvgIpc) is 2.38. The molecular formula is C15H23N3O2. The second kappa shape index (κ2) is 6.93. The molecule has 0 heterocycles. The molecule has 0 aliphatic heterocycles. The van der Waals surface area contributed by atoms with Gasteiger partial charge in [0, 0.05) is 5.69 Å². The van der Waals surface area contributed by atoms with Crippen molar-refractivity contribution >= 4 is 17.4 Å². The van der Waals surface area contributed by atoms with Crippen molar-refractivity contribution in [3.8, 4) is 0 Å². The third-order valence-corrected chi connectivity index (χ3v) is 3.22. The molecule has 0 saturated carbocycles. The maximum absolute atomic E-state index is 12.3. The monoisotopic (exact) mass is 277 g/mol. The Labute approximate surface area is 119 Å². The minimum absolute atomic E-state index is 0.0582. The van der Waals surface area contributed by atoms with Gasteiger partial charge in [-0.1, -0.05) is 51.0 Å². The fourth-order valence-electron chi connectivity index (χ4n) is 2.17. The van der Waals surface area contributed by atoms with Gasteiger partial charge in [0.25, 0.3) is 0 Å². The molecule has 0 spiro atoms. The summed E-state index contributed by atoms with van der Waals surface area (Å²) in [5.41, 5.74) is 7.44. The summed E-state index contributed by atoms with van der Waals surface area (Å²) in [6.45, 7) is 7.84. The van der Waals surface area contributed by atoms with Gasteiger partial charge in [-0.05, 0) is 23.5 Å². The van der Waals surface area contributed by atoms with Crippen LogP contribution in [0.4, 0.5) is 5.69 Å². The number of nitrogens with one attached hydrogen (secondary N) is 1. The second-order valence-corrected chi connectivity index (χ2v) is 5.48. The van der Waals surface area contributed by atoms with Gasteiger partial charge in [0.2, 0.25) is 5.91 Å². The average molecular weight is 277 g/mol. The zero-order chi connectivity index (χ0) is 15.3. The number of hydrogen-bond acceptors (Lipinski definition) is 3. The van der Waals surface area contributed by atoms with Gasteiger partial charge in [0.1, 0.15) is 5.92 Å². The van der Waals surface area contributed by atoms with Crippen LogP contribution in [0, 0.1) is 11.8 Å². The molecule has 1 amide bonds. The minimum atomic E-state index is -0.653. The highest BCUT2D eigenvalue weighted by Gasteiger charge is 2.27. The van der Waals surface area contributed by atoms with Crippen LogP contribution in [0.3, 0.4) is 0 Å². The highest BCUT2D eigenvalue weighted by atomic mass is 16.4. The Morgan fingerprint density at radius 2 is 1.85 bits per heavy atom. The lowest BCUT2D eigenvalue weighted by molar-refractivity contribution is -0.119. The van der Waals surface area contributed by atoms with Crippen molar-refractivity contribution in [3.63, 3.8) is 0 Å². The molecule has 5 nitrogen and oxygen atoms in total. The van der Waals surface area contributed by atoms with Crippen molar-refractivity contribution in [1.29, 1.82) is 0 Å². The van der Waals surface area contributed by atoms with Gasteiger partial charge in [-0.3, -0.25) is 4.79 Å². The van der Waals surface area contributed by atoms with E-state index in [4.69, 9.17) is 10.9 Å². The van der Waals surface area contributed by atoms with E-state index in [0.29, 0.717) is 5.92 Å². The van der Waals surface area contributed by atoms with Gasteiger partial charge in [0.15, 0.2) is 5.84 Å². The Kier molecular flexibility index (Phi) is 5.55. The quantitative estimate of drug-likeness (QED) is 0.335. The van der Waals surface area contributed by atoms with E-state index < -0.39 is 5.92 Å². The number of nitrogens with two attached hydrogens (primary N) is 1. The molecule has 1 rings (SSSR count). The molecule has 1 aromatic carbocycles. The zero-order valence-electron chi connectivity index (χ0n) is 12.4. The van der Waals surface area contributed by atoms with Gasteiger partial charge < -0.3 is 16.3 Å². The molecule has 0 aliphatic carbocycles. The van der Waals surface area contributed by atoms with E-state index in [-0.39, 0.29) is 17.7 Å². The summed E-state index contributed by atoms with van der Waals surface area (Å²) < 4.78 is 0. The first kappa shape index (κ1) is 16.0. The Morgan fingerprint density at radius 3 is 2.35 bits per heavy atom. The number of anilines is 1. The first-order chi connectivity index (χ1) is 9.38. The van der Waals surface area contributed by atoms with E-state index in [1.54, 1.807) is 0 Å². The van der Waals surface area contributed by atoms with E-state index in [1.807, 2.05) is 38.1 Å². The van der Waals surface area contributed by atoms with Crippen LogP contribution in [0.25, 0.3) is 0 Å². The summed E-state index contributed by atoms with van der Waals surface area (Å²) in [5.74, 6) is -0.742. The Morgan fingerprint density at radius 1 is 1.25 bits per heavy atom. The Balaban J connectivity index is 3.00. The molecule has 4 N–H and O–H groups in total. The van der Waals surface area contributed by atoms with Crippen LogP contribution in [0.1, 0.15) is 39.2 Å². The largest absolute Gasteiger partial charge is 0.409 e. The van der Waals surface area contributed by atoms with Gasteiger partial charge in [0.05, 0.1) is 0 Å². The van der Waals surface area contributed by atoms with E-state index in [2.05, 4.69) is 24.3 Å². The smallest absolute Gasteiger partial charge is 0.235 e. The summed E-state index contributed by atoms with van der Waals surface area (Å²) in [4.78, 5) is 12.3. The van der Waals surface area contributed by atoms with Crippen molar-refractivity contribution in [1.82, 2.24) is 0 Å². The molecule has 5 heteroatoms. The standard InChI is InChI=1S/C15H23N3O2/c1-9(2)11-7-5-6-8-12(11)17-15(19)13(10(3)4)14(16)18-20/h5-10,13,20H,1-4H3,(H2,16,18)(H,17,19). The van der Waals surface area contributed by atoms with Gasteiger partial charge in [-0.15, -0.1) is 0 Å². The molecule has 1 unspecified atom stereocenters. The molecule has 1 aromatic rings. The van der Waals surface area contributed by atoms with Gasteiger partial charge in [-0.2, -0.15) is 0 Å². The summed E-state index contributed by atoms with van der Waals surface area (Å²) >= 11 is 0. The van der Waals surface area contributed by atoms with Gasteiger partial charge in [-0.25, -0.2) is 0 Å². The normalized spacial score (nSPS) is 13.6. The minimum Gasteiger partial charge on any atom is -0.409 e. The molecule has 1 atom stereocenters. The Bertz CT molecular complexity index is 496. The van der Waals surface area contributed by atoms with Crippen molar-refractivity contribution in [2.45, 2.75) is 33.6 Å². The fraction of sp³-hybridized carbons (Fsp3) is 0.467. The molecule has 0 bridgehead atoms. The van der Waals surface area contributed by atoms with Crippen LogP contribution < -0.4 is 11.1 Å². The first-order valence-electron chi connectivity index (χ1n) is 6.75. The number of hydrogen-bond donors (Lipinski definition) is 3. The molecule has 0 aromatic heterocycles. The summed E-state index contributed by atoms with van der Waals surface area (Å²) in [5, 5.41) is 14.6. The molecule has 20 heavy (non-hydrogen) atoms. The number of amides is 1. The third-order valence-electron chi connectivity index (χ3n) is 3.22. The van der Waals surface area contributed by atoms with Crippen molar-refractivity contribution in [2.75, 3.05) is 5.32 Å². The number of amidine groups is 1. The third kappa shape index (κ3) is 3.73. The fourth-order valence-corrected chi connectivity index (χ4v) is 2.17. The number of oxime groups is 1. The van der Waals surface area contributed by atoms with Crippen LogP contribution >= 0.6 is 0 Å². The summed E-state index contributed by atoms with van der Waals surface area (Å²) in [6.07, 6.45) is 0. The maximum Gasteiger partial charge on any atom is 0.235 e. The second-order valence-electron chi connectivity index (χ2n) is 5.48. The number of carbonyl (C=O) groups is 1. The Hall–Kier alpha value is -2.04.